The number of rotatable bonds is 6. The zero-order chi connectivity index (χ0) is 37.5. The van der Waals surface area contributed by atoms with Crippen molar-refractivity contribution in [3.63, 3.8) is 0 Å². The molecular weight excluding hydrogens is 832 g/mol. The van der Waals surface area contributed by atoms with Gasteiger partial charge in [0.15, 0.2) is 11.5 Å². The van der Waals surface area contributed by atoms with Gasteiger partial charge in [-0.1, -0.05) is 65.7 Å². The van der Waals surface area contributed by atoms with Crippen LogP contribution in [0, 0.1) is 23.7 Å². The lowest BCUT2D eigenvalue weighted by Crippen LogP contribution is -2.53. The molecule has 4 aromatic carbocycles. The third-order valence-electron chi connectivity index (χ3n) is 11.2. The van der Waals surface area contributed by atoms with Crippen molar-refractivity contribution in [1.29, 1.82) is 0 Å². The van der Waals surface area contributed by atoms with E-state index in [1.54, 1.807) is 42.5 Å². The fourth-order valence-electron chi connectivity index (χ4n) is 9.10. The van der Waals surface area contributed by atoms with E-state index in [0.717, 1.165) is 4.90 Å². The van der Waals surface area contributed by atoms with Crippen LogP contribution in [-0.4, -0.2) is 46.9 Å². The number of anilines is 2. The summed E-state index contributed by atoms with van der Waals surface area (Å²) in [6.07, 6.45) is 2.14. The van der Waals surface area contributed by atoms with E-state index in [4.69, 9.17) is 16.3 Å². The van der Waals surface area contributed by atoms with Crippen LogP contribution < -0.4 is 14.5 Å². The summed E-state index contributed by atoms with van der Waals surface area (Å²) in [5.41, 5.74) is 0.614. The van der Waals surface area contributed by atoms with Crippen LogP contribution in [0.3, 0.4) is 0 Å². The standard InChI is InChI=1S/C40H29Br2ClN2O8/c1-53-29-18-27(32(41)33(42)34(29)46)31-24-13-14-25-30(37(49)44(35(25)47)22-11-5-7-19(15-22)38(50)51)26(24)17-28-36(48)45(23-12-6-10-21(43)16-23)39(52)40(28,31)20-8-3-2-4-9-20/h2-13,15-16,18,25-26,28,30-31,46H,14,17H2,1H3,(H,50,51)/t25-,26+,28-,30-,31+,40+/m0/s1. The van der Waals surface area contributed by atoms with Gasteiger partial charge in [-0.05, 0) is 104 Å². The third kappa shape index (κ3) is 5.05. The molecular formula is C40H29Br2ClN2O8. The minimum atomic E-state index is -1.55. The Morgan fingerprint density at radius 3 is 2.23 bits per heavy atom. The van der Waals surface area contributed by atoms with Gasteiger partial charge in [0, 0.05) is 15.4 Å². The number of fused-ring (bicyclic) bond motifs is 4. The molecule has 268 valence electrons. The van der Waals surface area contributed by atoms with E-state index in [1.165, 1.54) is 36.3 Å². The molecule has 2 aliphatic carbocycles. The van der Waals surface area contributed by atoms with Crippen LogP contribution in [0.2, 0.25) is 5.02 Å². The lowest BCUT2D eigenvalue weighted by molar-refractivity contribution is -0.127. The zero-order valence-corrected chi connectivity index (χ0v) is 31.8. The quantitative estimate of drug-likeness (QED) is 0.149. The Hall–Kier alpha value is -4.78. The van der Waals surface area contributed by atoms with Crippen LogP contribution in [0.4, 0.5) is 11.4 Å². The maximum absolute atomic E-state index is 15.5. The first-order chi connectivity index (χ1) is 25.4. The van der Waals surface area contributed by atoms with Crippen molar-refractivity contribution in [2.24, 2.45) is 23.7 Å². The Balaban J connectivity index is 1.38. The van der Waals surface area contributed by atoms with Gasteiger partial charge in [-0.3, -0.25) is 24.1 Å². The summed E-state index contributed by atoms with van der Waals surface area (Å²) in [6.45, 7) is 0. The Morgan fingerprint density at radius 2 is 1.55 bits per heavy atom. The van der Waals surface area contributed by atoms with E-state index < -0.39 is 64.6 Å². The summed E-state index contributed by atoms with van der Waals surface area (Å²) in [6, 6.07) is 22.9. The van der Waals surface area contributed by atoms with Gasteiger partial charge < -0.3 is 14.9 Å². The zero-order valence-electron chi connectivity index (χ0n) is 27.8. The predicted octanol–water partition coefficient (Wildman–Crippen LogP) is 7.64. The highest BCUT2D eigenvalue weighted by molar-refractivity contribution is 9.13. The van der Waals surface area contributed by atoms with E-state index in [1.807, 2.05) is 24.3 Å². The summed E-state index contributed by atoms with van der Waals surface area (Å²) < 4.78 is 6.28. The van der Waals surface area contributed by atoms with Gasteiger partial charge in [-0.15, -0.1) is 0 Å². The van der Waals surface area contributed by atoms with Crippen molar-refractivity contribution in [1.82, 2.24) is 0 Å². The molecule has 0 spiro atoms. The van der Waals surface area contributed by atoms with Gasteiger partial charge in [-0.25, -0.2) is 9.69 Å². The SMILES string of the molecule is COc1cc([C@H]2C3=CC[C@@H]4C(=O)N(c5cccc(C(=O)O)c5)C(=O)[C@@H]4[C@@H]3C[C@H]3C(=O)N(c4cccc(Cl)c4)C(=O)[C@@]23c2ccccc2)c(Br)c(Br)c1O. The maximum Gasteiger partial charge on any atom is 0.335 e. The number of carboxylic acid groups (broad SMARTS) is 1. The molecule has 2 heterocycles. The predicted molar refractivity (Wildman–Crippen MR) is 202 cm³/mol. The topological polar surface area (TPSA) is 142 Å². The highest BCUT2D eigenvalue weighted by Gasteiger charge is 2.70. The molecule has 10 nitrogen and oxygen atoms in total. The molecule has 4 aliphatic rings. The molecule has 0 aromatic heterocycles. The Morgan fingerprint density at radius 1 is 0.849 bits per heavy atom. The summed E-state index contributed by atoms with van der Waals surface area (Å²) in [4.78, 5) is 73.2. The number of ether oxygens (including phenoxy) is 1. The molecule has 0 bridgehead atoms. The van der Waals surface area contributed by atoms with Crippen LogP contribution in [0.1, 0.15) is 40.2 Å². The number of imide groups is 2. The Labute approximate surface area is 325 Å². The van der Waals surface area contributed by atoms with Gasteiger partial charge in [0.2, 0.25) is 23.6 Å². The number of phenolic OH excluding ortho intramolecular Hbond substituents is 1. The maximum atomic E-state index is 15.5. The number of aromatic hydroxyl groups is 1. The molecule has 4 aromatic rings. The lowest BCUT2D eigenvalue weighted by atomic mass is 9.49. The van der Waals surface area contributed by atoms with E-state index in [0.29, 0.717) is 31.9 Å². The molecule has 1 saturated carbocycles. The Bertz CT molecular complexity index is 2320. The first kappa shape index (κ1) is 35.3. The number of amides is 4. The molecule has 0 radical (unpaired) electrons. The highest BCUT2D eigenvalue weighted by atomic mass is 79.9. The van der Waals surface area contributed by atoms with Crippen molar-refractivity contribution in [2.75, 3.05) is 16.9 Å². The first-order valence-electron chi connectivity index (χ1n) is 16.8. The number of methoxy groups -OCH3 is 1. The number of carboxylic acids is 1. The van der Waals surface area contributed by atoms with Gasteiger partial charge >= 0.3 is 5.97 Å². The fraction of sp³-hybridized carbons (Fsp3) is 0.225. The van der Waals surface area contributed by atoms with Crippen molar-refractivity contribution in [3.05, 3.63) is 127 Å². The lowest BCUT2D eigenvalue weighted by Gasteiger charge is -2.51. The molecule has 6 atom stereocenters. The first-order valence-corrected chi connectivity index (χ1v) is 18.7. The van der Waals surface area contributed by atoms with Crippen LogP contribution in [0.5, 0.6) is 11.5 Å². The average molecular weight is 861 g/mol. The molecule has 53 heavy (non-hydrogen) atoms. The molecule has 2 N–H and O–H groups in total. The number of benzene rings is 4. The van der Waals surface area contributed by atoms with Crippen molar-refractivity contribution >= 4 is 84.4 Å². The minimum absolute atomic E-state index is 0.0655. The number of carbonyl (C=O) groups is 5. The number of nitrogens with zero attached hydrogens (tertiary/aromatic N) is 2. The average Bonchev–Trinajstić information content (AvgIpc) is 3.55. The van der Waals surface area contributed by atoms with Gasteiger partial charge in [0.25, 0.3) is 0 Å². The number of aromatic carboxylic acids is 1. The molecule has 8 rings (SSSR count). The monoisotopic (exact) mass is 858 g/mol. The second-order valence-electron chi connectivity index (χ2n) is 13.6. The summed E-state index contributed by atoms with van der Waals surface area (Å²) in [5.74, 6) is -7.46. The van der Waals surface area contributed by atoms with Crippen LogP contribution in [0.15, 0.2) is 106 Å². The van der Waals surface area contributed by atoms with E-state index >= 15 is 4.79 Å². The van der Waals surface area contributed by atoms with Crippen molar-refractivity contribution in [3.8, 4) is 11.5 Å². The smallest absolute Gasteiger partial charge is 0.335 e. The number of phenols is 1. The number of hydrogen-bond acceptors (Lipinski definition) is 7. The molecule has 2 saturated heterocycles. The molecule has 2 aliphatic heterocycles. The fourth-order valence-corrected chi connectivity index (χ4v) is 10.2. The minimum Gasteiger partial charge on any atom is -0.503 e. The van der Waals surface area contributed by atoms with Crippen molar-refractivity contribution in [2.45, 2.75) is 24.2 Å². The summed E-state index contributed by atoms with van der Waals surface area (Å²) >= 11 is 13.6. The Kier molecular flexibility index (Phi) is 8.62. The van der Waals surface area contributed by atoms with Gasteiger partial charge in [0.1, 0.15) is 0 Å². The normalized spacial score (nSPS) is 26.3. The van der Waals surface area contributed by atoms with Crippen LogP contribution >= 0.6 is 43.5 Å². The molecule has 3 fully saturated rings. The largest absolute Gasteiger partial charge is 0.503 e. The molecule has 13 heteroatoms. The number of allylic oxidation sites excluding steroid dienone is 2. The van der Waals surface area contributed by atoms with E-state index in [9.17, 15) is 29.4 Å². The van der Waals surface area contributed by atoms with Crippen LogP contribution in [0.25, 0.3) is 0 Å². The summed E-state index contributed by atoms with van der Waals surface area (Å²) in [7, 11) is 1.41. The van der Waals surface area contributed by atoms with E-state index in [-0.39, 0.29) is 40.1 Å². The number of hydrogen-bond donors (Lipinski definition) is 2. The van der Waals surface area contributed by atoms with Gasteiger partial charge in [-0.2, -0.15) is 0 Å². The molecule has 4 amide bonds. The number of halogens is 3. The number of carbonyl (C=O) groups excluding carboxylic acids is 4. The molecule has 0 unspecified atom stereocenters. The van der Waals surface area contributed by atoms with Crippen molar-refractivity contribution < 1.29 is 38.9 Å². The van der Waals surface area contributed by atoms with Gasteiger partial charge in [0.05, 0.1) is 51.7 Å². The second kappa shape index (κ2) is 13.0. The second-order valence-corrected chi connectivity index (χ2v) is 15.6. The highest BCUT2D eigenvalue weighted by Crippen LogP contribution is 2.66. The third-order valence-corrected chi connectivity index (χ3v) is 13.6. The van der Waals surface area contributed by atoms with E-state index in [2.05, 4.69) is 31.9 Å². The summed E-state index contributed by atoms with van der Waals surface area (Å²) in [5, 5.41) is 21.0. The van der Waals surface area contributed by atoms with Crippen LogP contribution in [-0.2, 0) is 24.6 Å².